The number of hydrogen-bond acceptors (Lipinski definition) is 7. The summed E-state index contributed by atoms with van der Waals surface area (Å²) in [6.07, 6.45) is 0. The molecule has 2 aliphatic rings. The van der Waals surface area contributed by atoms with Gasteiger partial charge in [-0.05, 0) is 42.0 Å². The molecule has 0 atom stereocenters. The summed E-state index contributed by atoms with van der Waals surface area (Å²) in [4.78, 5) is 21.8. The number of rotatable bonds is 5. The molecule has 2 aliphatic heterocycles. The Kier molecular flexibility index (Phi) is 5.48. The lowest BCUT2D eigenvalue weighted by Gasteiger charge is -2.34. The molecule has 0 unspecified atom stereocenters. The Labute approximate surface area is 184 Å². The van der Waals surface area contributed by atoms with Crippen LogP contribution in [0.5, 0.6) is 17.2 Å². The quantitative estimate of drug-likeness (QED) is 0.609. The van der Waals surface area contributed by atoms with Crippen molar-refractivity contribution in [3.05, 3.63) is 59.1 Å². The molecule has 0 spiro atoms. The van der Waals surface area contributed by atoms with Crippen LogP contribution >= 0.6 is 11.3 Å². The first-order valence-corrected chi connectivity index (χ1v) is 11.1. The number of carbonyl (C=O) groups is 1. The van der Waals surface area contributed by atoms with E-state index in [-0.39, 0.29) is 12.7 Å². The molecule has 160 valence electrons. The summed E-state index contributed by atoms with van der Waals surface area (Å²) in [6.45, 7) is 4.16. The average Bonchev–Trinajstić information content (AvgIpc) is 3.49. The first kappa shape index (κ1) is 19.8. The molecule has 0 radical (unpaired) electrons. The lowest BCUT2D eigenvalue weighted by atomic mass is 10.1. The van der Waals surface area contributed by atoms with Crippen LogP contribution in [-0.4, -0.2) is 60.8 Å². The molecule has 1 amide bonds. The molecule has 1 fully saturated rings. The highest BCUT2D eigenvalue weighted by atomic mass is 32.1. The molecule has 3 heterocycles. The third-order valence-electron chi connectivity index (χ3n) is 5.56. The van der Waals surface area contributed by atoms with Crippen molar-refractivity contribution in [3.8, 4) is 27.8 Å². The van der Waals surface area contributed by atoms with Gasteiger partial charge in [-0.15, -0.1) is 11.3 Å². The van der Waals surface area contributed by atoms with E-state index in [4.69, 9.17) is 14.2 Å². The number of thiazole rings is 1. The van der Waals surface area contributed by atoms with Crippen molar-refractivity contribution in [2.45, 2.75) is 6.54 Å². The number of nitrogens with zero attached hydrogens (tertiary/aromatic N) is 3. The molecular weight excluding hydrogens is 414 g/mol. The first-order chi connectivity index (χ1) is 15.2. The van der Waals surface area contributed by atoms with Crippen LogP contribution in [0.4, 0.5) is 0 Å². The predicted molar refractivity (Wildman–Crippen MR) is 118 cm³/mol. The van der Waals surface area contributed by atoms with Crippen molar-refractivity contribution in [2.24, 2.45) is 0 Å². The van der Waals surface area contributed by atoms with Crippen molar-refractivity contribution in [1.29, 1.82) is 0 Å². The highest BCUT2D eigenvalue weighted by Crippen LogP contribution is 2.33. The molecule has 3 aromatic rings. The van der Waals surface area contributed by atoms with E-state index in [9.17, 15) is 4.79 Å². The summed E-state index contributed by atoms with van der Waals surface area (Å²) in [5.74, 6) is 2.41. The predicted octanol–water partition coefficient (Wildman–Crippen LogP) is 3.51. The summed E-state index contributed by atoms with van der Waals surface area (Å²) in [6, 6.07) is 13.8. The van der Waals surface area contributed by atoms with E-state index >= 15 is 0 Å². The standard InChI is InChI=1S/C23H23N3O4S/c1-28-18-5-3-17(4-6-18)22-24-19(14-31-22)23(27)26-10-8-25(9-11-26)13-16-2-7-20-21(12-16)30-15-29-20/h2-7,12,14H,8-11,13,15H2,1H3. The van der Waals surface area contributed by atoms with Crippen molar-refractivity contribution >= 4 is 17.2 Å². The molecule has 0 aliphatic carbocycles. The number of ether oxygens (including phenoxy) is 3. The summed E-state index contributed by atoms with van der Waals surface area (Å²) in [5, 5.41) is 2.69. The maximum absolute atomic E-state index is 12.9. The summed E-state index contributed by atoms with van der Waals surface area (Å²) in [7, 11) is 1.64. The van der Waals surface area contributed by atoms with Gasteiger partial charge in [0.15, 0.2) is 11.5 Å². The van der Waals surface area contributed by atoms with Crippen molar-refractivity contribution in [1.82, 2.24) is 14.8 Å². The topological polar surface area (TPSA) is 64.1 Å². The van der Waals surface area contributed by atoms with E-state index in [2.05, 4.69) is 16.0 Å². The SMILES string of the molecule is COc1ccc(-c2nc(C(=O)N3CCN(Cc4ccc5c(c4)OCO5)CC3)cs2)cc1. The van der Waals surface area contributed by atoms with Crippen molar-refractivity contribution < 1.29 is 19.0 Å². The normalized spacial score (nSPS) is 15.8. The van der Waals surface area contributed by atoms with Crippen LogP contribution < -0.4 is 14.2 Å². The first-order valence-electron chi connectivity index (χ1n) is 10.2. The second-order valence-corrected chi connectivity index (χ2v) is 8.38. The van der Waals surface area contributed by atoms with Crippen molar-refractivity contribution in [2.75, 3.05) is 40.1 Å². The zero-order valence-corrected chi connectivity index (χ0v) is 18.1. The van der Waals surface area contributed by atoms with Gasteiger partial charge < -0.3 is 19.1 Å². The van der Waals surface area contributed by atoms with E-state index in [0.717, 1.165) is 47.5 Å². The van der Waals surface area contributed by atoms with E-state index in [1.54, 1.807) is 7.11 Å². The van der Waals surface area contributed by atoms with Crippen LogP contribution in [-0.2, 0) is 6.54 Å². The third-order valence-corrected chi connectivity index (χ3v) is 6.45. The number of amides is 1. The number of carbonyl (C=O) groups excluding carboxylic acids is 1. The summed E-state index contributed by atoms with van der Waals surface area (Å²) < 4.78 is 16.0. The average molecular weight is 438 g/mol. The number of piperazine rings is 1. The van der Waals surface area contributed by atoms with Crippen LogP contribution in [0, 0.1) is 0 Å². The van der Waals surface area contributed by atoms with E-state index in [1.807, 2.05) is 46.7 Å². The Morgan fingerprint density at radius 2 is 1.84 bits per heavy atom. The molecule has 0 saturated carbocycles. The van der Waals surface area contributed by atoms with Gasteiger partial charge in [0.25, 0.3) is 5.91 Å². The van der Waals surface area contributed by atoms with Gasteiger partial charge in [0, 0.05) is 43.7 Å². The maximum Gasteiger partial charge on any atom is 0.273 e. The van der Waals surface area contributed by atoms with Crippen LogP contribution in [0.3, 0.4) is 0 Å². The molecule has 7 nitrogen and oxygen atoms in total. The highest BCUT2D eigenvalue weighted by molar-refractivity contribution is 7.13. The minimum absolute atomic E-state index is 0.00117. The summed E-state index contributed by atoms with van der Waals surface area (Å²) in [5.41, 5.74) is 2.69. The van der Waals surface area contributed by atoms with Gasteiger partial charge in [0.2, 0.25) is 6.79 Å². The number of methoxy groups -OCH3 is 1. The lowest BCUT2D eigenvalue weighted by molar-refractivity contribution is 0.0623. The number of benzene rings is 2. The van der Waals surface area contributed by atoms with Gasteiger partial charge in [-0.3, -0.25) is 9.69 Å². The molecule has 8 heteroatoms. The van der Waals surface area contributed by atoms with Crippen LogP contribution in [0.1, 0.15) is 16.1 Å². The van der Waals surface area contributed by atoms with Gasteiger partial charge in [-0.1, -0.05) is 6.07 Å². The molecule has 1 saturated heterocycles. The number of hydrogen-bond donors (Lipinski definition) is 0. The zero-order valence-electron chi connectivity index (χ0n) is 17.2. The smallest absolute Gasteiger partial charge is 0.273 e. The van der Waals surface area contributed by atoms with Gasteiger partial charge in [0.05, 0.1) is 7.11 Å². The monoisotopic (exact) mass is 437 g/mol. The van der Waals surface area contributed by atoms with Crippen LogP contribution in [0.15, 0.2) is 47.8 Å². The number of fused-ring (bicyclic) bond motifs is 1. The molecular formula is C23H23N3O4S. The number of aromatic nitrogens is 1. The van der Waals surface area contributed by atoms with Gasteiger partial charge in [-0.25, -0.2) is 4.98 Å². The Balaban J connectivity index is 1.18. The fourth-order valence-corrected chi connectivity index (χ4v) is 4.61. The fraction of sp³-hybridized carbons (Fsp3) is 0.304. The minimum atomic E-state index is -0.00117. The second-order valence-electron chi connectivity index (χ2n) is 7.52. The third kappa shape index (κ3) is 4.22. The molecule has 0 bridgehead atoms. The largest absolute Gasteiger partial charge is 0.497 e. The Bertz CT molecular complexity index is 1070. The minimum Gasteiger partial charge on any atom is -0.497 e. The highest BCUT2D eigenvalue weighted by Gasteiger charge is 2.24. The second kappa shape index (κ2) is 8.56. The molecule has 1 aromatic heterocycles. The van der Waals surface area contributed by atoms with Gasteiger partial charge in [-0.2, -0.15) is 0 Å². The fourth-order valence-electron chi connectivity index (χ4n) is 3.81. The van der Waals surface area contributed by atoms with Crippen LogP contribution in [0.25, 0.3) is 10.6 Å². The lowest BCUT2D eigenvalue weighted by Crippen LogP contribution is -2.48. The van der Waals surface area contributed by atoms with E-state index in [1.165, 1.54) is 16.9 Å². The van der Waals surface area contributed by atoms with Crippen LogP contribution in [0.2, 0.25) is 0 Å². The maximum atomic E-state index is 12.9. The Morgan fingerprint density at radius 1 is 1.06 bits per heavy atom. The van der Waals surface area contributed by atoms with Gasteiger partial charge in [0.1, 0.15) is 16.5 Å². The molecule has 2 aromatic carbocycles. The molecule has 31 heavy (non-hydrogen) atoms. The van der Waals surface area contributed by atoms with E-state index in [0.29, 0.717) is 18.8 Å². The Hall–Kier alpha value is -3.10. The summed E-state index contributed by atoms with van der Waals surface area (Å²) >= 11 is 1.49. The molecule has 0 N–H and O–H groups in total. The van der Waals surface area contributed by atoms with Gasteiger partial charge >= 0.3 is 0 Å². The Morgan fingerprint density at radius 3 is 2.61 bits per heavy atom. The zero-order chi connectivity index (χ0) is 21.2. The van der Waals surface area contributed by atoms with Crippen molar-refractivity contribution in [3.63, 3.8) is 0 Å². The molecule has 5 rings (SSSR count). The van der Waals surface area contributed by atoms with E-state index < -0.39 is 0 Å².